The number of rotatable bonds is 7. The van der Waals surface area contributed by atoms with Gasteiger partial charge in [-0.3, -0.25) is 4.79 Å². The first-order valence-electron chi connectivity index (χ1n) is 7.09. The minimum Gasteiger partial charge on any atom is -0.491 e. The van der Waals surface area contributed by atoms with E-state index in [2.05, 4.69) is 5.32 Å². The zero-order valence-corrected chi connectivity index (χ0v) is 12.7. The molecule has 0 aliphatic rings. The van der Waals surface area contributed by atoms with Gasteiger partial charge < -0.3 is 15.2 Å². The van der Waals surface area contributed by atoms with E-state index in [1.165, 1.54) is 0 Å². The van der Waals surface area contributed by atoms with Crippen molar-refractivity contribution < 1.29 is 14.6 Å². The van der Waals surface area contributed by atoms with Crippen LogP contribution >= 0.6 is 0 Å². The fourth-order valence-corrected chi connectivity index (χ4v) is 1.71. The number of para-hydroxylation sites is 1. The molecule has 0 aliphatic carbocycles. The molecule has 1 aromatic rings. The van der Waals surface area contributed by atoms with Crippen LogP contribution in [0.5, 0.6) is 5.75 Å². The summed E-state index contributed by atoms with van der Waals surface area (Å²) in [6, 6.07) is 7.53. The summed E-state index contributed by atoms with van der Waals surface area (Å²) in [6.45, 7) is 8.03. The van der Waals surface area contributed by atoms with Gasteiger partial charge in [-0.15, -0.1) is 0 Å². The topological polar surface area (TPSA) is 58.6 Å². The van der Waals surface area contributed by atoms with Gasteiger partial charge in [0.2, 0.25) is 5.91 Å². The first-order chi connectivity index (χ1) is 9.40. The van der Waals surface area contributed by atoms with E-state index in [4.69, 9.17) is 4.74 Å². The van der Waals surface area contributed by atoms with Crippen molar-refractivity contribution in [1.82, 2.24) is 5.32 Å². The Morgan fingerprint density at radius 1 is 1.25 bits per heavy atom. The zero-order valence-electron chi connectivity index (χ0n) is 12.7. The molecule has 0 bridgehead atoms. The fraction of sp³-hybridized carbons (Fsp3) is 0.562. The standard InChI is InChI=1S/C16H25NO3/c1-11(2)14(18)10-17-16(19)9-13-7-5-6-8-15(13)20-12(3)4/h5-8,11-12,14,18H,9-10H2,1-4H3,(H,17,19). The third kappa shape index (κ3) is 5.61. The summed E-state index contributed by atoms with van der Waals surface area (Å²) in [5.74, 6) is 0.762. The summed E-state index contributed by atoms with van der Waals surface area (Å²) in [5.41, 5.74) is 0.859. The molecule has 1 unspecified atom stereocenters. The molecular weight excluding hydrogens is 254 g/mol. The Hall–Kier alpha value is -1.55. The number of nitrogens with one attached hydrogen (secondary N) is 1. The second-order valence-corrected chi connectivity index (χ2v) is 5.57. The maximum Gasteiger partial charge on any atom is 0.224 e. The predicted molar refractivity (Wildman–Crippen MR) is 79.8 cm³/mol. The zero-order chi connectivity index (χ0) is 15.1. The highest BCUT2D eigenvalue weighted by Gasteiger charge is 2.13. The van der Waals surface area contributed by atoms with Crippen LogP contribution in [0.4, 0.5) is 0 Å². The van der Waals surface area contributed by atoms with E-state index in [0.29, 0.717) is 0 Å². The molecule has 1 amide bonds. The van der Waals surface area contributed by atoms with E-state index in [-0.39, 0.29) is 30.9 Å². The number of aliphatic hydroxyl groups is 1. The number of carbonyl (C=O) groups is 1. The van der Waals surface area contributed by atoms with Gasteiger partial charge in [-0.2, -0.15) is 0 Å². The summed E-state index contributed by atoms with van der Waals surface area (Å²) in [5, 5.41) is 12.4. The third-order valence-corrected chi connectivity index (χ3v) is 2.96. The highest BCUT2D eigenvalue weighted by atomic mass is 16.5. The lowest BCUT2D eigenvalue weighted by Gasteiger charge is -2.16. The van der Waals surface area contributed by atoms with Crippen molar-refractivity contribution in [2.75, 3.05) is 6.54 Å². The second-order valence-electron chi connectivity index (χ2n) is 5.57. The first kappa shape index (κ1) is 16.5. The Morgan fingerprint density at radius 2 is 1.90 bits per heavy atom. The predicted octanol–water partition coefficient (Wildman–Crippen LogP) is 2.15. The summed E-state index contributed by atoms with van der Waals surface area (Å²) >= 11 is 0. The normalized spacial score (nSPS) is 12.6. The average molecular weight is 279 g/mol. The molecule has 0 fully saturated rings. The Kier molecular flexibility index (Phi) is 6.52. The van der Waals surface area contributed by atoms with Crippen LogP contribution in [0.15, 0.2) is 24.3 Å². The molecule has 0 radical (unpaired) electrons. The van der Waals surface area contributed by atoms with E-state index in [0.717, 1.165) is 11.3 Å². The Labute approximate surface area is 121 Å². The van der Waals surface area contributed by atoms with Gasteiger partial charge >= 0.3 is 0 Å². The van der Waals surface area contributed by atoms with Crippen LogP contribution in [0.2, 0.25) is 0 Å². The summed E-state index contributed by atoms with van der Waals surface area (Å²) in [6.07, 6.45) is -0.184. The van der Waals surface area contributed by atoms with Crippen LogP contribution in [0.25, 0.3) is 0 Å². The van der Waals surface area contributed by atoms with E-state index < -0.39 is 6.10 Å². The maximum atomic E-state index is 11.9. The van der Waals surface area contributed by atoms with Crippen molar-refractivity contribution in [3.05, 3.63) is 29.8 Å². The van der Waals surface area contributed by atoms with E-state index in [1.54, 1.807) is 0 Å². The maximum absolute atomic E-state index is 11.9. The molecule has 1 rings (SSSR count). The fourth-order valence-electron chi connectivity index (χ4n) is 1.71. The first-order valence-corrected chi connectivity index (χ1v) is 7.09. The monoisotopic (exact) mass is 279 g/mol. The van der Waals surface area contributed by atoms with Gasteiger partial charge in [-0.05, 0) is 25.8 Å². The molecule has 0 aromatic heterocycles. The number of benzene rings is 1. The van der Waals surface area contributed by atoms with Gasteiger partial charge in [-0.1, -0.05) is 32.0 Å². The third-order valence-electron chi connectivity index (χ3n) is 2.96. The van der Waals surface area contributed by atoms with Crippen molar-refractivity contribution >= 4 is 5.91 Å². The van der Waals surface area contributed by atoms with Crippen molar-refractivity contribution in [2.24, 2.45) is 5.92 Å². The molecule has 2 N–H and O–H groups in total. The van der Waals surface area contributed by atoms with Gasteiger partial charge in [-0.25, -0.2) is 0 Å². The van der Waals surface area contributed by atoms with Gasteiger partial charge in [0, 0.05) is 12.1 Å². The van der Waals surface area contributed by atoms with Gasteiger partial charge in [0.05, 0.1) is 18.6 Å². The smallest absolute Gasteiger partial charge is 0.224 e. The van der Waals surface area contributed by atoms with Crippen LogP contribution in [-0.2, 0) is 11.2 Å². The number of aliphatic hydroxyl groups excluding tert-OH is 1. The van der Waals surface area contributed by atoms with Crippen LogP contribution in [-0.4, -0.2) is 29.8 Å². The van der Waals surface area contributed by atoms with E-state index in [1.807, 2.05) is 52.0 Å². The van der Waals surface area contributed by atoms with Crippen LogP contribution in [0.1, 0.15) is 33.3 Å². The molecular formula is C16H25NO3. The van der Waals surface area contributed by atoms with Crippen LogP contribution in [0, 0.1) is 5.92 Å². The molecule has 0 spiro atoms. The van der Waals surface area contributed by atoms with Crippen molar-refractivity contribution in [3.63, 3.8) is 0 Å². The lowest BCUT2D eigenvalue weighted by Crippen LogP contribution is -2.35. The molecule has 0 saturated heterocycles. The molecule has 112 valence electrons. The van der Waals surface area contributed by atoms with Crippen LogP contribution in [0.3, 0.4) is 0 Å². The van der Waals surface area contributed by atoms with Gasteiger partial charge in [0.15, 0.2) is 0 Å². The lowest BCUT2D eigenvalue weighted by molar-refractivity contribution is -0.121. The lowest BCUT2D eigenvalue weighted by atomic mass is 10.1. The summed E-state index contributed by atoms with van der Waals surface area (Å²) in [7, 11) is 0. The molecule has 4 nitrogen and oxygen atoms in total. The van der Waals surface area contributed by atoms with Crippen molar-refractivity contribution in [1.29, 1.82) is 0 Å². The van der Waals surface area contributed by atoms with Crippen LogP contribution < -0.4 is 10.1 Å². The Balaban J connectivity index is 2.57. The highest BCUT2D eigenvalue weighted by molar-refractivity contribution is 5.79. The molecule has 20 heavy (non-hydrogen) atoms. The van der Waals surface area contributed by atoms with Crippen molar-refractivity contribution in [3.8, 4) is 5.75 Å². The molecule has 4 heteroatoms. The summed E-state index contributed by atoms with van der Waals surface area (Å²) < 4.78 is 5.68. The minimum atomic E-state index is -0.513. The molecule has 1 atom stereocenters. The van der Waals surface area contributed by atoms with Gasteiger partial charge in [0.25, 0.3) is 0 Å². The Morgan fingerprint density at radius 3 is 2.50 bits per heavy atom. The number of carbonyl (C=O) groups excluding carboxylic acids is 1. The number of ether oxygens (including phenoxy) is 1. The molecule has 0 saturated carbocycles. The largest absolute Gasteiger partial charge is 0.491 e. The minimum absolute atomic E-state index is 0.0713. The number of hydrogen-bond acceptors (Lipinski definition) is 3. The molecule has 1 aromatic carbocycles. The SMILES string of the molecule is CC(C)Oc1ccccc1CC(=O)NCC(O)C(C)C. The molecule has 0 heterocycles. The summed E-state index contributed by atoms with van der Waals surface area (Å²) in [4.78, 5) is 11.9. The number of hydrogen-bond donors (Lipinski definition) is 2. The molecule has 0 aliphatic heterocycles. The quantitative estimate of drug-likeness (QED) is 0.804. The highest BCUT2D eigenvalue weighted by Crippen LogP contribution is 2.19. The van der Waals surface area contributed by atoms with E-state index >= 15 is 0 Å². The second kappa shape index (κ2) is 7.90. The Bertz CT molecular complexity index is 429. The van der Waals surface area contributed by atoms with E-state index in [9.17, 15) is 9.90 Å². The average Bonchev–Trinajstić information content (AvgIpc) is 2.37. The van der Waals surface area contributed by atoms with Gasteiger partial charge in [0.1, 0.15) is 5.75 Å². The van der Waals surface area contributed by atoms with Crippen molar-refractivity contribution in [2.45, 2.75) is 46.3 Å². The number of amides is 1.